The third-order valence-corrected chi connectivity index (χ3v) is 4.26. The molecule has 0 heterocycles. The first-order valence-corrected chi connectivity index (χ1v) is 8.67. The Hall–Kier alpha value is -2.28. The lowest BCUT2D eigenvalue weighted by Gasteiger charge is -2.12. The van der Waals surface area contributed by atoms with E-state index >= 15 is 0 Å². The van der Waals surface area contributed by atoms with Gasteiger partial charge >= 0.3 is 12.0 Å². The summed E-state index contributed by atoms with van der Waals surface area (Å²) in [4.78, 5) is 35.6. The Labute approximate surface area is 145 Å². The van der Waals surface area contributed by atoms with Crippen molar-refractivity contribution in [1.82, 2.24) is 10.6 Å². The minimum atomic E-state index is -0.650. The molecule has 1 fully saturated rings. The number of carbonyl (C=O) groups excluding carboxylic acids is 3. The van der Waals surface area contributed by atoms with Crippen molar-refractivity contribution in [2.75, 3.05) is 6.61 Å². The van der Waals surface area contributed by atoms with Crippen molar-refractivity contribution < 1.29 is 19.1 Å². The van der Waals surface area contributed by atoms with Crippen molar-refractivity contribution in [2.45, 2.75) is 36.6 Å². The summed E-state index contributed by atoms with van der Waals surface area (Å²) < 4.78 is 4.78. The second kappa shape index (κ2) is 9.77. The second-order valence-electron chi connectivity index (χ2n) is 5.34. The highest BCUT2D eigenvalue weighted by Gasteiger charge is 2.18. The van der Waals surface area contributed by atoms with E-state index in [0.717, 1.165) is 30.6 Å². The quantitative estimate of drug-likeness (QED) is 0.469. The molecule has 0 spiro atoms. The van der Waals surface area contributed by atoms with Crippen molar-refractivity contribution >= 4 is 29.7 Å². The monoisotopic (exact) mass is 348 g/mol. The Morgan fingerprint density at radius 2 is 1.88 bits per heavy atom. The molecule has 2 rings (SSSR count). The van der Waals surface area contributed by atoms with E-state index in [4.69, 9.17) is 4.74 Å². The number of nitrogens with one attached hydrogen (secondary N) is 2. The summed E-state index contributed by atoms with van der Waals surface area (Å²) in [5.41, 5.74) is 0. The van der Waals surface area contributed by atoms with E-state index in [1.807, 2.05) is 30.3 Å². The molecule has 0 atom stereocenters. The SMILES string of the molecule is O=C(COC(=O)/C=C/Sc1ccccc1)NC(=O)NC1CCCC1. The summed E-state index contributed by atoms with van der Waals surface area (Å²) in [5.74, 6) is -1.28. The Balaban J connectivity index is 1.61. The molecule has 1 aliphatic carbocycles. The van der Waals surface area contributed by atoms with Gasteiger partial charge in [-0.05, 0) is 30.4 Å². The predicted molar refractivity (Wildman–Crippen MR) is 91.3 cm³/mol. The van der Waals surface area contributed by atoms with Crippen LogP contribution < -0.4 is 10.6 Å². The maximum absolute atomic E-state index is 11.6. The number of imide groups is 1. The zero-order valence-corrected chi connectivity index (χ0v) is 14.0. The van der Waals surface area contributed by atoms with Crippen molar-refractivity contribution in [3.63, 3.8) is 0 Å². The zero-order chi connectivity index (χ0) is 17.2. The molecule has 0 radical (unpaired) electrons. The maximum atomic E-state index is 11.6. The van der Waals surface area contributed by atoms with Crippen molar-refractivity contribution in [2.24, 2.45) is 0 Å². The van der Waals surface area contributed by atoms with Gasteiger partial charge in [-0.2, -0.15) is 0 Å². The molecule has 7 heteroatoms. The van der Waals surface area contributed by atoms with E-state index in [1.165, 1.54) is 17.8 Å². The lowest BCUT2D eigenvalue weighted by atomic mass is 10.2. The molecule has 2 N–H and O–H groups in total. The van der Waals surface area contributed by atoms with Crippen molar-refractivity contribution in [3.8, 4) is 0 Å². The highest BCUT2D eigenvalue weighted by Crippen LogP contribution is 2.18. The molecule has 24 heavy (non-hydrogen) atoms. The van der Waals surface area contributed by atoms with Gasteiger partial charge in [0.05, 0.1) is 0 Å². The van der Waals surface area contributed by atoms with Gasteiger partial charge in [-0.15, -0.1) is 0 Å². The first-order valence-electron chi connectivity index (χ1n) is 7.79. The Morgan fingerprint density at radius 1 is 1.17 bits per heavy atom. The Kier molecular flexibility index (Phi) is 7.35. The molecule has 0 aliphatic heterocycles. The van der Waals surface area contributed by atoms with Crippen LogP contribution in [0, 0.1) is 0 Å². The number of thioether (sulfide) groups is 1. The van der Waals surface area contributed by atoms with E-state index in [1.54, 1.807) is 5.41 Å². The molecule has 128 valence electrons. The maximum Gasteiger partial charge on any atom is 0.331 e. The molecule has 1 saturated carbocycles. The van der Waals surface area contributed by atoms with Crippen LogP contribution in [0.25, 0.3) is 0 Å². The average Bonchev–Trinajstić information content (AvgIpc) is 3.06. The number of urea groups is 1. The number of benzene rings is 1. The molecule has 1 aromatic rings. The minimum Gasteiger partial charge on any atom is -0.452 e. The van der Waals surface area contributed by atoms with Crippen LogP contribution in [0.5, 0.6) is 0 Å². The fourth-order valence-electron chi connectivity index (χ4n) is 2.31. The first kappa shape index (κ1) is 18.1. The van der Waals surface area contributed by atoms with Crippen LogP contribution in [0.15, 0.2) is 46.7 Å². The molecule has 1 aromatic carbocycles. The summed E-state index contributed by atoms with van der Waals surface area (Å²) in [6.07, 6.45) is 5.28. The Morgan fingerprint density at radius 3 is 2.58 bits per heavy atom. The number of hydrogen-bond acceptors (Lipinski definition) is 5. The summed E-state index contributed by atoms with van der Waals surface area (Å²) in [6.45, 7) is -0.489. The van der Waals surface area contributed by atoms with Crippen LogP contribution >= 0.6 is 11.8 Å². The van der Waals surface area contributed by atoms with Crippen LogP contribution in [-0.2, 0) is 14.3 Å². The van der Waals surface area contributed by atoms with E-state index in [2.05, 4.69) is 10.6 Å². The number of carbonyl (C=O) groups is 3. The smallest absolute Gasteiger partial charge is 0.331 e. The fourth-order valence-corrected chi connectivity index (χ4v) is 2.96. The molecule has 0 aromatic heterocycles. The van der Waals surface area contributed by atoms with Crippen molar-refractivity contribution in [3.05, 3.63) is 41.8 Å². The van der Waals surface area contributed by atoms with Gasteiger partial charge in [-0.25, -0.2) is 9.59 Å². The van der Waals surface area contributed by atoms with Gasteiger partial charge in [0, 0.05) is 17.0 Å². The minimum absolute atomic E-state index is 0.123. The fraction of sp³-hybridized carbons (Fsp3) is 0.353. The van der Waals surface area contributed by atoms with Crippen LogP contribution in [0.3, 0.4) is 0 Å². The normalized spacial score (nSPS) is 14.5. The second-order valence-corrected chi connectivity index (χ2v) is 6.32. The number of ether oxygens (including phenoxy) is 1. The molecular weight excluding hydrogens is 328 g/mol. The molecule has 6 nitrogen and oxygen atoms in total. The molecular formula is C17H20N2O4S. The van der Waals surface area contributed by atoms with Gasteiger partial charge in [0.1, 0.15) is 0 Å². The molecule has 1 aliphatic rings. The van der Waals surface area contributed by atoms with Gasteiger partial charge in [0.2, 0.25) is 0 Å². The average molecular weight is 348 g/mol. The van der Waals surface area contributed by atoms with Gasteiger partial charge in [-0.1, -0.05) is 42.8 Å². The third-order valence-electron chi connectivity index (χ3n) is 3.44. The number of rotatable bonds is 6. The summed E-state index contributed by atoms with van der Waals surface area (Å²) in [7, 11) is 0. The third kappa shape index (κ3) is 6.87. The molecule has 0 unspecified atom stereocenters. The molecule has 0 bridgehead atoms. The molecule has 0 saturated heterocycles. The Bertz CT molecular complexity index is 598. The van der Waals surface area contributed by atoms with E-state index in [0.29, 0.717) is 0 Å². The van der Waals surface area contributed by atoms with Gasteiger partial charge in [0.25, 0.3) is 5.91 Å². The van der Waals surface area contributed by atoms with Crippen LogP contribution in [0.4, 0.5) is 4.79 Å². The summed E-state index contributed by atoms with van der Waals surface area (Å²) in [5, 5.41) is 6.46. The highest BCUT2D eigenvalue weighted by atomic mass is 32.2. The lowest BCUT2D eigenvalue weighted by molar-refractivity contribution is -0.143. The van der Waals surface area contributed by atoms with Crippen LogP contribution in [0.2, 0.25) is 0 Å². The zero-order valence-electron chi connectivity index (χ0n) is 13.2. The van der Waals surface area contributed by atoms with Crippen molar-refractivity contribution in [1.29, 1.82) is 0 Å². The largest absolute Gasteiger partial charge is 0.452 e. The standard InChI is InChI=1S/C17H20N2O4S/c20-15(19-17(22)18-13-6-4-5-7-13)12-23-16(21)10-11-24-14-8-2-1-3-9-14/h1-3,8-11,13H,4-7,12H2,(H2,18,19,20,22)/b11-10+. The van der Waals surface area contributed by atoms with E-state index in [-0.39, 0.29) is 6.04 Å². The highest BCUT2D eigenvalue weighted by molar-refractivity contribution is 8.02. The topological polar surface area (TPSA) is 84.5 Å². The lowest BCUT2D eigenvalue weighted by Crippen LogP contribution is -2.44. The summed E-state index contributed by atoms with van der Waals surface area (Å²) >= 11 is 1.37. The van der Waals surface area contributed by atoms with Gasteiger partial charge < -0.3 is 10.1 Å². The van der Waals surface area contributed by atoms with Crippen LogP contribution in [-0.4, -0.2) is 30.6 Å². The van der Waals surface area contributed by atoms with Gasteiger partial charge in [-0.3, -0.25) is 10.1 Å². The van der Waals surface area contributed by atoms with E-state index < -0.39 is 24.5 Å². The molecule has 3 amide bonds. The van der Waals surface area contributed by atoms with E-state index in [9.17, 15) is 14.4 Å². The predicted octanol–water partition coefficient (Wildman–Crippen LogP) is 2.60. The number of amides is 3. The first-order chi connectivity index (χ1) is 11.6. The number of hydrogen-bond donors (Lipinski definition) is 2. The van der Waals surface area contributed by atoms with Gasteiger partial charge in [0.15, 0.2) is 6.61 Å². The summed E-state index contributed by atoms with van der Waals surface area (Å²) in [6, 6.07) is 9.11. The van der Waals surface area contributed by atoms with Crippen LogP contribution in [0.1, 0.15) is 25.7 Å². The number of esters is 1.